The summed E-state index contributed by atoms with van der Waals surface area (Å²) < 4.78 is 2.80. The molecule has 0 aliphatic heterocycles. The van der Waals surface area contributed by atoms with Crippen LogP contribution in [0.1, 0.15) is 12.0 Å². The fourth-order valence-corrected chi connectivity index (χ4v) is 2.20. The minimum absolute atomic E-state index is 0.0569. The minimum Gasteiger partial charge on any atom is -0.389 e. The molecule has 0 aliphatic carbocycles. The molecule has 1 amide bonds. The van der Waals surface area contributed by atoms with Crippen LogP contribution in [0.5, 0.6) is 0 Å². The first-order valence-electron chi connectivity index (χ1n) is 5.92. The van der Waals surface area contributed by atoms with Gasteiger partial charge in [-0.3, -0.25) is 9.48 Å². The van der Waals surface area contributed by atoms with Gasteiger partial charge in [-0.05, 0) is 46.9 Å². The Bertz CT molecular complexity index is 624. The number of thiocarbonyl (C=S) groups is 1. The van der Waals surface area contributed by atoms with E-state index < -0.39 is 0 Å². The van der Waals surface area contributed by atoms with Crippen LogP contribution in [0.15, 0.2) is 36.7 Å². The lowest BCUT2D eigenvalue weighted by atomic mass is 10.2. The zero-order chi connectivity index (χ0) is 14.5. The standard InChI is InChI=1S/C13H13IN4OS/c14-10-7-16-18(8-10)6-5-12(19)17-11-3-1-9(2-4-11)13(15)20/h1-4,7-8H,5-6H2,(H2,15,20)(H,17,19). The van der Waals surface area contributed by atoms with Crippen molar-refractivity contribution in [3.05, 3.63) is 45.8 Å². The van der Waals surface area contributed by atoms with E-state index in [1.54, 1.807) is 35.1 Å². The van der Waals surface area contributed by atoms with E-state index in [-0.39, 0.29) is 5.91 Å². The molecule has 0 bridgehead atoms. The van der Waals surface area contributed by atoms with Crippen LogP contribution in [0.3, 0.4) is 0 Å². The van der Waals surface area contributed by atoms with Gasteiger partial charge in [-0.1, -0.05) is 12.2 Å². The van der Waals surface area contributed by atoms with Gasteiger partial charge in [0.05, 0.1) is 9.77 Å². The molecular formula is C13H13IN4OS. The number of aromatic nitrogens is 2. The largest absolute Gasteiger partial charge is 0.389 e. The number of amides is 1. The Kier molecular flexibility index (Phi) is 5.07. The first-order valence-corrected chi connectivity index (χ1v) is 7.41. The van der Waals surface area contributed by atoms with E-state index in [2.05, 4.69) is 33.0 Å². The topological polar surface area (TPSA) is 72.9 Å². The number of anilines is 1. The van der Waals surface area contributed by atoms with E-state index >= 15 is 0 Å². The molecule has 2 rings (SSSR count). The molecule has 0 radical (unpaired) electrons. The second kappa shape index (κ2) is 6.80. The molecular weight excluding hydrogens is 387 g/mol. The Morgan fingerprint density at radius 3 is 2.65 bits per heavy atom. The molecule has 5 nitrogen and oxygen atoms in total. The third kappa shape index (κ3) is 4.27. The van der Waals surface area contributed by atoms with E-state index in [4.69, 9.17) is 18.0 Å². The summed E-state index contributed by atoms with van der Waals surface area (Å²) in [5, 5.41) is 6.95. The first kappa shape index (κ1) is 14.9. The number of nitrogens with one attached hydrogen (secondary N) is 1. The van der Waals surface area contributed by atoms with Crippen molar-refractivity contribution < 1.29 is 4.79 Å². The summed E-state index contributed by atoms with van der Waals surface area (Å²) in [6.45, 7) is 0.555. The van der Waals surface area contributed by atoms with E-state index in [1.165, 1.54) is 0 Å². The molecule has 0 fully saturated rings. The number of carbonyl (C=O) groups is 1. The molecule has 0 atom stereocenters. The lowest BCUT2D eigenvalue weighted by Gasteiger charge is -2.06. The van der Waals surface area contributed by atoms with Crippen LogP contribution in [-0.4, -0.2) is 20.7 Å². The van der Waals surface area contributed by atoms with E-state index in [0.29, 0.717) is 18.0 Å². The molecule has 0 saturated carbocycles. The van der Waals surface area contributed by atoms with Crippen LogP contribution in [0, 0.1) is 3.57 Å². The lowest BCUT2D eigenvalue weighted by Crippen LogP contribution is -2.15. The fourth-order valence-electron chi connectivity index (χ4n) is 1.62. The van der Waals surface area contributed by atoms with Crippen molar-refractivity contribution in [3.63, 3.8) is 0 Å². The van der Waals surface area contributed by atoms with Gasteiger partial charge >= 0.3 is 0 Å². The van der Waals surface area contributed by atoms with Crippen molar-refractivity contribution in [3.8, 4) is 0 Å². The fraction of sp³-hybridized carbons (Fsp3) is 0.154. The highest BCUT2D eigenvalue weighted by molar-refractivity contribution is 14.1. The zero-order valence-corrected chi connectivity index (χ0v) is 13.5. The zero-order valence-electron chi connectivity index (χ0n) is 10.5. The molecule has 3 N–H and O–H groups in total. The lowest BCUT2D eigenvalue weighted by molar-refractivity contribution is -0.116. The quantitative estimate of drug-likeness (QED) is 0.596. The van der Waals surface area contributed by atoms with Crippen molar-refractivity contribution in [1.82, 2.24) is 9.78 Å². The maximum Gasteiger partial charge on any atom is 0.226 e. The van der Waals surface area contributed by atoms with Gasteiger partial charge < -0.3 is 11.1 Å². The van der Waals surface area contributed by atoms with Gasteiger partial charge in [-0.25, -0.2) is 0 Å². The van der Waals surface area contributed by atoms with Crippen LogP contribution in [0.4, 0.5) is 5.69 Å². The van der Waals surface area contributed by atoms with Crippen LogP contribution in [-0.2, 0) is 11.3 Å². The molecule has 1 aromatic heterocycles. The number of aryl methyl sites for hydroxylation is 1. The van der Waals surface area contributed by atoms with Crippen molar-refractivity contribution >= 4 is 51.4 Å². The molecule has 0 aliphatic rings. The molecule has 0 spiro atoms. The molecule has 7 heteroatoms. The Labute approximate surface area is 135 Å². The number of rotatable bonds is 5. The molecule has 0 unspecified atom stereocenters. The van der Waals surface area contributed by atoms with E-state index in [1.807, 2.05) is 6.20 Å². The Hall–Kier alpha value is -1.48. The van der Waals surface area contributed by atoms with Gasteiger partial charge in [-0.15, -0.1) is 0 Å². The number of benzene rings is 1. The third-order valence-corrected chi connectivity index (χ3v) is 3.42. The molecule has 0 saturated heterocycles. The normalized spacial score (nSPS) is 10.2. The molecule has 1 heterocycles. The number of hydrogen-bond acceptors (Lipinski definition) is 3. The number of carbonyl (C=O) groups excluding carboxylic acids is 1. The number of halogens is 1. The van der Waals surface area contributed by atoms with Gasteiger partial charge in [-0.2, -0.15) is 5.10 Å². The first-order chi connectivity index (χ1) is 9.54. The van der Waals surface area contributed by atoms with Crippen LogP contribution in [0.2, 0.25) is 0 Å². The van der Waals surface area contributed by atoms with E-state index in [0.717, 1.165) is 14.8 Å². The van der Waals surface area contributed by atoms with E-state index in [9.17, 15) is 4.79 Å². The monoisotopic (exact) mass is 400 g/mol. The van der Waals surface area contributed by atoms with Gasteiger partial charge in [0.15, 0.2) is 0 Å². The van der Waals surface area contributed by atoms with Crippen molar-refractivity contribution in [1.29, 1.82) is 0 Å². The highest BCUT2D eigenvalue weighted by Gasteiger charge is 2.04. The van der Waals surface area contributed by atoms with Crippen LogP contribution >= 0.6 is 34.8 Å². The average molecular weight is 400 g/mol. The maximum absolute atomic E-state index is 11.8. The summed E-state index contributed by atoms with van der Waals surface area (Å²) in [7, 11) is 0. The Morgan fingerprint density at radius 2 is 2.10 bits per heavy atom. The predicted octanol–water partition coefficient (Wildman–Crippen LogP) is 2.15. The molecule has 1 aromatic carbocycles. The number of hydrogen-bond donors (Lipinski definition) is 2. The second-order valence-electron chi connectivity index (χ2n) is 4.16. The molecule has 20 heavy (non-hydrogen) atoms. The van der Waals surface area contributed by atoms with Gasteiger partial charge in [0.2, 0.25) is 5.91 Å². The SMILES string of the molecule is NC(=S)c1ccc(NC(=O)CCn2cc(I)cn2)cc1. The summed E-state index contributed by atoms with van der Waals surface area (Å²) in [5.41, 5.74) is 7.02. The van der Waals surface area contributed by atoms with Crippen molar-refractivity contribution in [2.24, 2.45) is 5.73 Å². The van der Waals surface area contributed by atoms with Gasteiger partial charge in [0.1, 0.15) is 4.99 Å². The summed E-state index contributed by atoms with van der Waals surface area (Å²) in [5.74, 6) is -0.0569. The second-order valence-corrected chi connectivity index (χ2v) is 5.85. The van der Waals surface area contributed by atoms with Crippen molar-refractivity contribution in [2.75, 3.05) is 5.32 Å². The summed E-state index contributed by atoms with van der Waals surface area (Å²) in [6.07, 6.45) is 4.02. The maximum atomic E-state index is 11.8. The smallest absolute Gasteiger partial charge is 0.226 e. The predicted molar refractivity (Wildman–Crippen MR) is 90.5 cm³/mol. The molecule has 104 valence electrons. The number of nitrogens with two attached hydrogens (primary N) is 1. The third-order valence-electron chi connectivity index (χ3n) is 2.62. The summed E-state index contributed by atoms with van der Waals surface area (Å²) in [6, 6.07) is 7.13. The summed E-state index contributed by atoms with van der Waals surface area (Å²) >= 11 is 7.05. The number of nitrogens with zero attached hydrogens (tertiary/aromatic N) is 2. The van der Waals surface area contributed by atoms with Gasteiger partial charge in [0, 0.05) is 30.4 Å². The average Bonchev–Trinajstić information content (AvgIpc) is 2.83. The Morgan fingerprint density at radius 1 is 1.40 bits per heavy atom. The highest BCUT2D eigenvalue weighted by atomic mass is 127. The molecule has 2 aromatic rings. The van der Waals surface area contributed by atoms with Crippen LogP contribution < -0.4 is 11.1 Å². The minimum atomic E-state index is -0.0569. The van der Waals surface area contributed by atoms with Crippen LogP contribution in [0.25, 0.3) is 0 Å². The van der Waals surface area contributed by atoms with Crippen molar-refractivity contribution in [2.45, 2.75) is 13.0 Å². The van der Waals surface area contributed by atoms with Gasteiger partial charge in [0.25, 0.3) is 0 Å². The summed E-state index contributed by atoms with van der Waals surface area (Å²) in [4.78, 5) is 12.2. The highest BCUT2D eigenvalue weighted by Crippen LogP contribution is 2.10. The Balaban J connectivity index is 1.86.